The van der Waals surface area contributed by atoms with E-state index in [1.165, 1.54) is 42.3 Å². The summed E-state index contributed by atoms with van der Waals surface area (Å²) < 4.78 is 38.1. The van der Waals surface area contributed by atoms with Gasteiger partial charge in [0.05, 0.1) is 5.69 Å². The van der Waals surface area contributed by atoms with Gasteiger partial charge in [0.25, 0.3) is 5.91 Å². The molecule has 0 saturated carbocycles. The molecule has 0 bridgehead atoms. The Kier molecular flexibility index (Phi) is 5.29. The number of hydrogen-bond acceptors (Lipinski definition) is 3. The van der Waals surface area contributed by atoms with Crippen LogP contribution in [0.1, 0.15) is 16.1 Å². The molecule has 1 N–H and O–H groups in total. The molecule has 3 aromatic rings. The molecule has 8 heteroatoms. The highest BCUT2D eigenvalue weighted by Gasteiger charge is 2.32. The zero-order chi connectivity index (χ0) is 20.5. The van der Waals surface area contributed by atoms with E-state index in [9.17, 15) is 23.1 Å². The third-order valence-electron chi connectivity index (χ3n) is 4.13. The van der Waals surface area contributed by atoms with Gasteiger partial charge in [0.15, 0.2) is 0 Å². The number of carbonyl (C=O) groups excluding carboxylic acids is 1. The van der Waals surface area contributed by atoms with Crippen LogP contribution >= 0.6 is 11.6 Å². The number of amides is 1. The minimum Gasteiger partial charge on any atom is -0.506 e. The molecule has 0 fully saturated rings. The molecule has 0 spiro atoms. The molecule has 1 aromatic heterocycles. The van der Waals surface area contributed by atoms with Crippen LogP contribution in [0.25, 0.3) is 11.1 Å². The van der Waals surface area contributed by atoms with E-state index in [1.54, 1.807) is 18.2 Å². The van der Waals surface area contributed by atoms with Crippen LogP contribution < -0.4 is 4.90 Å². The lowest BCUT2D eigenvalue weighted by atomic mass is 10.0. The number of carbonyl (C=O) groups is 1. The average Bonchev–Trinajstić information content (AvgIpc) is 2.67. The summed E-state index contributed by atoms with van der Waals surface area (Å²) in [5.74, 6) is -0.473. The molecule has 0 aliphatic rings. The number of benzene rings is 2. The minimum atomic E-state index is -4.54. The molecule has 1 amide bonds. The van der Waals surface area contributed by atoms with Gasteiger partial charge in [0, 0.05) is 35.0 Å². The first-order valence-electron chi connectivity index (χ1n) is 8.07. The van der Waals surface area contributed by atoms with Crippen molar-refractivity contribution in [2.24, 2.45) is 0 Å². The Balaban J connectivity index is 1.95. The van der Waals surface area contributed by atoms with Crippen LogP contribution in [0, 0.1) is 0 Å². The highest BCUT2D eigenvalue weighted by atomic mass is 35.5. The predicted molar refractivity (Wildman–Crippen MR) is 101 cm³/mol. The lowest BCUT2D eigenvalue weighted by molar-refractivity contribution is -0.141. The number of aromatic nitrogens is 1. The largest absolute Gasteiger partial charge is 0.506 e. The second-order valence-corrected chi connectivity index (χ2v) is 6.38. The molecular weight excluding hydrogens is 393 g/mol. The quantitative estimate of drug-likeness (QED) is 0.633. The van der Waals surface area contributed by atoms with Gasteiger partial charge in [-0.3, -0.25) is 9.78 Å². The summed E-state index contributed by atoms with van der Waals surface area (Å²) in [7, 11) is 1.51. The van der Waals surface area contributed by atoms with Crippen molar-refractivity contribution in [3.8, 4) is 16.9 Å². The molecule has 0 atom stereocenters. The molecule has 144 valence electrons. The van der Waals surface area contributed by atoms with E-state index in [0.29, 0.717) is 16.8 Å². The molecule has 0 radical (unpaired) electrons. The average molecular weight is 407 g/mol. The highest BCUT2D eigenvalue weighted by molar-refractivity contribution is 6.33. The van der Waals surface area contributed by atoms with Crippen molar-refractivity contribution < 1.29 is 23.1 Å². The van der Waals surface area contributed by atoms with Crippen LogP contribution in [0.2, 0.25) is 5.02 Å². The van der Waals surface area contributed by atoms with E-state index in [4.69, 9.17) is 11.6 Å². The number of halogens is 4. The van der Waals surface area contributed by atoms with Crippen LogP contribution in [0.5, 0.6) is 5.75 Å². The maximum absolute atomic E-state index is 12.8. The first-order chi connectivity index (χ1) is 13.2. The van der Waals surface area contributed by atoms with Crippen LogP contribution in [-0.2, 0) is 6.18 Å². The second kappa shape index (κ2) is 7.52. The third-order valence-corrected chi connectivity index (χ3v) is 4.46. The van der Waals surface area contributed by atoms with Gasteiger partial charge in [-0.1, -0.05) is 29.8 Å². The van der Waals surface area contributed by atoms with Gasteiger partial charge in [-0.05, 0) is 36.4 Å². The molecular formula is C20H14ClF3N2O2. The number of para-hydroxylation sites is 2. The fraction of sp³-hybridized carbons (Fsp3) is 0.100. The van der Waals surface area contributed by atoms with E-state index in [1.807, 2.05) is 0 Å². The molecule has 0 aliphatic carbocycles. The van der Waals surface area contributed by atoms with Crippen LogP contribution in [-0.4, -0.2) is 23.0 Å². The number of phenolic OH excluding ortho intramolecular Hbond substituents is 1. The fourth-order valence-corrected chi connectivity index (χ4v) is 2.88. The zero-order valence-corrected chi connectivity index (χ0v) is 15.3. The van der Waals surface area contributed by atoms with Gasteiger partial charge in [0.1, 0.15) is 11.4 Å². The Hall–Kier alpha value is -3.06. The van der Waals surface area contributed by atoms with Crippen molar-refractivity contribution in [2.75, 3.05) is 11.9 Å². The maximum atomic E-state index is 12.8. The highest BCUT2D eigenvalue weighted by Crippen LogP contribution is 2.33. The molecule has 0 saturated heterocycles. The SMILES string of the molecule is CN(C(=O)c1ccc(Cl)c(-c2ccc(C(F)(F)F)nc2)c1)c1ccccc1O. The molecule has 0 unspecified atom stereocenters. The van der Waals surface area contributed by atoms with Crippen LogP contribution in [0.3, 0.4) is 0 Å². The Morgan fingerprint density at radius 1 is 1.11 bits per heavy atom. The Labute approximate surface area is 163 Å². The van der Waals surface area contributed by atoms with Crippen LogP contribution in [0.4, 0.5) is 18.9 Å². The molecule has 1 heterocycles. The maximum Gasteiger partial charge on any atom is 0.433 e. The van der Waals surface area contributed by atoms with Crippen LogP contribution in [0.15, 0.2) is 60.8 Å². The van der Waals surface area contributed by atoms with E-state index in [-0.39, 0.29) is 16.3 Å². The first-order valence-corrected chi connectivity index (χ1v) is 8.45. The summed E-state index contributed by atoms with van der Waals surface area (Å²) >= 11 is 6.17. The number of phenols is 1. The summed E-state index contributed by atoms with van der Waals surface area (Å²) in [6, 6.07) is 12.9. The zero-order valence-electron chi connectivity index (χ0n) is 14.5. The Morgan fingerprint density at radius 2 is 1.82 bits per heavy atom. The lowest BCUT2D eigenvalue weighted by Gasteiger charge is -2.19. The van der Waals surface area contributed by atoms with Gasteiger partial charge < -0.3 is 10.0 Å². The molecule has 28 heavy (non-hydrogen) atoms. The smallest absolute Gasteiger partial charge is 0.433 e. The molecule has 4 nitrogen and oxygen atoms in total. The van der Waals surface area contributed by atoms with Gasteiger partial charge in [0.2, 0.25) is 0 Å². The van der Waals surface area contributed by atoms with E-state index in [0.717, 1.165) is 12.3 Å². The second-order valence-electron chi connectivity index (χ2n) is 5.98. The Bertz CT molecular complexity index is 1020. The summed E-state index contributed by atoms with van der Waals surface area (Å²) in [5.41, 5.74) is 0.279. The number of alkyl halides is 3. The fourth-order valence-electron chi connectivity index (χ4n) is 2.65. The minimum absolute atomic E-state index is 0.0560. The first kappa shape index (κ1) is 19.7. The van der Waals surface area contributed by atoms with Crippen molar-refractivity contribution in [1.82, 2.24) is 4.98 Å². The Morgan fingerprint density at radius 3 is 2.43 bits per heavy atom. The van der Waals surface area contributed by atoms with Gasteiger partial charge in [-0.2, -0.15) is 13.2 Å². The monoisotopic (exact) mass is 406 g/mol. The van der Waals surface area contributed by atoms with Crippen molar-refractivity contribution in [1.29, 1.82) is 0 Å². The van der Waals surface area contributed by atoms with Crippen molar-refractivity contribution in [2.45, 2.75) is 6.18 Å². The topological polar surface area (TPSA) is 53.4 Å². The standard InChI is InChI=1S/C20H14ClF3N2O2/c1-26(16-4-2-3-5-17(16)27)19(28)12-6-8-15(21)14(10-12)13-7-9-18(25-11-13)20(22,23)24/h2-11,27H,1H3. The number of rotatable bonds is 3. The van der Waals surface area contributed by atoms with Crippen molar-refractivity contribution in [3.05, 3.63) is 77.1 Å². The molecule has 2 aromatic carbocycles. The summed E-state index contributed by atoms with van der Waals surface area (Å²) in [6.45, 7) is 0. The normalized spacial score (nSPS) is 11.3. The van der Waals surface area contributed by atoms with Crippen molar-refractivity contribution in [3.63, 3.8) is 0 Å². The third kappa shape index (κ3) is 3.94. The van der Waals surface area contributed by atoms with Gasteiger partial charge in [-0.25, -0.2) is 0 Å². The number of hydrogen-bond donors (Lipinski definition) is 1. The van der Waals surface area contributed by atoms with E-state index < -0.39 is 17.8 Å². The number of pyridine rings is 1. The van der Waals surface area contributed by atoms with Gasteiger partial charge in [-0.15, -0.1) is 0 Å². The van der Waals surface area contributed by atoms with Gasteiger partial charge >= 0.3 is 6.18 Å². The number of anilines is 1. The van der Waals surface area contributed by atoms with Crippen molar-refractivity contribution >= 4 is 23.2 Å². The number of aromatic hydroxyl groups is 1. The summed E-state index contributed by atoms with van der Waals surface area (Å²) in [5, 5.41) is 10.2. The molecule has 3 rings (SSSR count). The molecule has 0 aliphatic heterocycles. The number of nitrogens with zero attached hydrogens (tertiary/aromatic N) is 2. The van der Waals surface area contributed by atoms with E-state index in [2.05, 4.69) is 4.98 Å². The predicted octanol–water partition coefficient (Wildman–Crippen LogP) is 5.40. The lowest BCUT2D eigenvalue weighted by Crippen LogP contribution is -2.26. The summed E-state index contributed by atoms with van der Waals surface area (Å²) in [6.07, 6.45) is -3.48. The van der Waals surface area contributed by atoms with E-state index >= 15 is 0 Å². The summed E-state index contributed by atoms with van der Waals surface area (Å²) in [4.78, 5) is 17.5.